The number of ether oxygens (including phenoxy) is 1. The Morgan fingerprint density at radius 1 is 1.44 bits per heavy atom. The van der Waals surface area contributed by atoms with Gasteiger partial charge in [-0.2, -0.15) is 5.06 Å². The highest BCUT2D eigenvalue weighted by Gasteiger charge is 2.46. The lowest BCUT2D eigenvalue weighted by Gasteiger charge is -2.35. The van der Waals surface area contributed by atoms with Gasteiger partial charge in [-0.1, -0.05) is 23.7 Å². The lowest BCUT2D eigenvalue weighted by Crippen LogP contribution is -2.41. The molecule has 6 nitrogen and oxygen atoms in total. The number of hydrogen-bond acceptors (Lipinski definition) is 5. The number of nitrogens with zero attached hydrogens (tertiary/aromatic N) is 3. The number of likely N-dealkylation sites (N-methyl/N-ethyl adjacent to an activating group) is 1. The number of esters is 1. The molecule has 134 valence electrons. The van der Waals surface area contributed by atoms with E-state index >= 15 is 0 Å². The number of carbonyl (C=O) groups excluding carboxylic acids is 1. The first kappa shape index (κ1) is 17.9. The molecule has 0 amide bonds. The molecule has 0 N–H and O–H groups in total. The highest BCUT2D eigenvalue weighted by atomic mass is 35.5. The number of halogens is 1. The average Bonchev–Trinajstić information content (AvgIpc) is 3.17. The average molecular weight is 364 g/mol. The standard InChI is InChI=1S/C18H22ClN3O3/c1-14(23)24-10-7-17-11-18(21(2)25-17,12-22-9-8-20-13-22)15-3-5-16(19)6-4-15/h3-6,8-9,13,17H,7,10-12H2,1-2H3. The lowest BCUT2D eigenvalue weighted by atomic mass is 9.84. The summed E-state index contributed by atoms with van der Waals surface area (Å²) in [6, 6.07) is 7.86. The smallest absolute Gasteiger partial charge is 0.302 e. The van der Waals surface area contributed by atoms with Crippen LogP contribution in [0.15, 0.2) is 43.0 Å². The molecule has 1 aromatic heterocycles. The molecule has 2 atom stereocenters. The Kier molecular flexibility index (Phi) is 5.42. The summed E-state index contributed by atoms with van der Waals surface area (Å²) in [6.07, 6.45) is 6.93. The molecule has 3 rings (SSSR count). The van der Waals surface area contributed by atoms with Gasteiger partial charge in [-0.15, -0.1) is 0 Å². The molecule has 0 spiro atoms. The summed E-state index contributed by atoms with van der Waals surface area (Å²) in [5, 5.41) is 2.61. The zero-order chi connectivity index (χ0) is 17.9. The van der Waals surface area contributed by atoms with E-state index in [1.807, 2.05) is 47.1 Å². The van der Waals surface area contributed by atoms with Crippen LogP contribution in [0.1, 0.15) is 25.3 Å². The number of carbonyl (C=O) groups is 1. The van der Waals surface area contributed by atoms with Crippen LogP contribution in [0.3, 0.4) is 0 Å². The van der Waals surface area contributed by atoms with Crippen molar-refractivity contribution < 1.29 is 14.4 Å². The van der Waals surface area contributed by atoms with Crippen molar-refractivity contribution in [1.29, 1.82) is 0 Å². The third-order valence-electron chi connectivity index (χ3n) is 4.61. The van der Waals surface area contributed by atoms with Gasteiger partial charge < -0.3 is 9.30 Å². The van der Waals surface area contributed by atoms with Crippen LogP contribution in [-0.2, 0) is 26.5 Å². The van der Waals surface area contributed by atoms with Gasteiger partial charge in [0.05, 0.1) is 24.6 Å². The lowest BCUT2D eigenvalue weighted by molar-refractivity contribution is -0.178. The second-order valence-corrected chi connectivity index (χ2v) is 6.77. The van der Waals surface area contributed by atoms with Gasteiger partial charge in [0.1, 0.15) is 0 Å². The van der Waals surface area contributed by atoms with Gasteiger partial charge in [-0.05, 0) is 17.7 Å². The van der Waals surface area contributed by atoms with Crippen molar-refractivity contribution in [2.75, 3.05) is 13.7 Å². The van der Waals surface area contributed by atoms with Crippen LogP contribution in [0.25, 0.3) is 0 Å². The van der Waals surface area contributed by atoms with E-state index in [9.17, 15) is 4.79 Å². The number of hydroxylamine groups is 2. The minimum absolute atomic E-state index is 0.0245. The van der Waals surface area contributed by atoms with Crippen molar-refractivity contribution in [3.63, 3.8) is 0 Å². The van der Waals surface area contributed by atoms with Crippen LogP contribution in [-0.4, -0.2) is 40.3 Å². The molecular weight excluding hydrogens is 342 g/mol. The fourth-order valence-electron chi connectivity index (χ4n) is 3.35. The molecular formula is C18H22ClN3O3. The topological polar surface area (TPSA) is 56.6 Å². The Balaban J connectivity index is 1.83. The van der Waals surface area contributed by atoms with Gasteiger partial charge in [0.25, 0.3) is 0 Å². The molecule has 1 fully saturated rings. The van der Waals surface area contributed by atoms with Crippen molar-refractivity contribution in [1.82, 2.24) is 14.6 Å². The molecule has 1 aromatic carbocycles. The normalized spacial score (nSPS) is 23.7. The number of rotatable bonds is 6. The maximum Gasteiger partial charge on any atom is 0.302 e. The summed E-state index contributed by atoms with van der Waals surface area (Å²) < 4.78 is 7.11. The minimum atomic E-state index is -0.341. The van der Waals surface area contributed by atoms with Crippen LogP contribution < -0.4 is 0 Å². The van der Waals surface area contributed by atoms with E-state index in [0.29, 0.717) is 24.6 Å². The Labute approximate surface area is 152 Å². The molecule has 1 saturated heterocycles. The maximum absolute atomic E-state index is 11.0. The van der Waals surface area contributed by atoms with E-state index in [0.717, 1.165) is 12.0 Å². The highest BCUT2D eigenvalue weighted by Crippen LogP contribution is 2.42. The molecule has 1 aliphatic heterocycles. The first-order valence-electron chi connectivity index (χ1n) is 8.25. The fourth-order valence-corrected chi connectivity index (χ4v) is 3.48. The van der Waals surface area contributed by atoms with Crippen LogP contribution >= 0.6 is 11.6 Å². The Bertz CT molecular complexity index is 705. The Hall–Kier alpha value is -1.89. The van der Waals surface area contributed by atoms with Crippen molar-refractivity contribution in [3.8, 4) is 0 Å². The third kappa shape index (κ3) is 4.03. The predicted molar refractivity (Wildman–Crippen MR) is 93.9 cm³/mol. The Morgan fingerprint density at radius 2 is 2.20 bits per heavy atom. The molecule has 0 bridgehead atoms. The second-order valence-electron chi connectivity index (χ2n) is 6.33. The van der Waals surface area contributed by atoms with Gasteiger partial charge >= 0.3 is 5.97 Å². The molecule has 0 aliphatic carbocycles. The van der Waals surface area contributed by atoms with E-state index < -0.39 is 0 Å². The largest absolute Gasteiger partial charge is 0.466 e. The summed E-state index contributed by atoms with van der Waals surface area (Å²) in [6.45, 7) is 2.48. The maximum atomic E-state index is 11.0. The molecule has 0 saturated carbocycles. The van der Waals surface area contributed by atoms with Gasteiger partial charge in [0.2, 0.25) is 0 Å². The molecule has 2 heterocycles. The molecule has 1 aliphatic rings. The van der Waals surface area contributed by atoms with Gasteiger partial charge in [0, 0.05) is 50.8 Å². The van der Waals surface area contributed by atoms with E-state index in [1.54, 1.807) is 12.5 Å². The second kappa shape index (κ2) is 7.56. The van der Waals surface area contributed by atoms with E-state index in [-0.39, 0.29) is 17.6 Å². The Morgan fingerprint density at radius 3 is 2.84 bits per heavy atom. The van der Waals surface area contributed by atoms with Gasteiger partial charge in [-0.25, -0.2) is 4.98 Å². The van der Waals surface area contributed by atoms with Crippen LogP contribution in [0, 0.1) is 0 Å². The summed E-state index contributed by atoms with van der Waals surface area (Å²) in [7, 11) is 1.94. The monoisotopic (exact) mass is 363 g/mol. The third-order valence-corrected chi connectivity index (χ3v) is 4.86. The number of benzene rings is 1. The summed E-state index contributed by atoms with van der Waals surface area (Å²) in [5.41, 5.74) is 0.787. The number of imidazole rings is 1. The van der Waals surface area contributed by atoms with Gasteiger partial charge in [-0.3, -0.25) is 9.63 Å². The minimum Gasteiger partial charge on any atom is -0.466 e. The zero-order valence-electron chi connectivity index (χ0n) is 14.4. The van der Waals surface area contributed by atoms with E-state index in [4.69, 9.17) is 21.2 Å². The predicted octanol–water partition coefficient (Wildman–Crippen LogP) is 3.02. The molecule has 7 heteroatoms. The number of aromatic nitrogens is 2. The molecule has 25 heavy (non-hydrogen) atoms. The van der Waals surface area contributed by atoms with Crippen molar-refractivity contribution in [2.45, 2.75) is 38.0 Å². The van der Waals surface area contributed by atoms with E-state index in [2.05, 4.69) is 4.98 Å². The van der Waals surface area contributed by atoms with Crippen LogP contribution in [0.2, 0.25) is 5.02 Å². The summed E-state index contributed by atoms with van der Waals surface area (Å²) in [5.74, 6) is -0.270. The quantitative estimate of drug-likeness (QED) is 0.738. The highest BCUT2D eigenvalue weighted by molar-refractivity contribution is 6.30. The number of hydrogen-bond donors (Lipinski definition) is 0. The first-order chi connectivity index (χ1) is 12.0. The van der Waals surface area contributed by atoms with Crippen molar-refractivity contribution in [3.05, 3.63) is 53.6 Å². The van der Waals surface area contributed by atoms with Gasteiger partial charge in [0.15, 0.2) is 0 Å². The van der Waals surface area contributed by atoms with Crippen molar-refractivity contribution >= 4 is 17.6 Å². The fraction of sp³-hybridized carbons (Fsp3) is 0.444. The van der Waals surface area contributed by atoms with Crippen molar-refractivity contribution in [2.24, 2.45) is 0 Å². The van der Waals surface area contributed by atoms with Crippen LogP contribution in [0.5, 0.6) is 0 Å². The summed E-state index contributed by atoms with van der Waals surface area (Å²) in [4.78, 5) is 21.2. The summed E-state index contributed by atoms with van der Waals surface area (Å²) >= 11 is 6.06. The zero-order valence-corrected chi connectivity index (χ0v) is 15.1. The SMILES string of the molecule is CC(=O)OCCC1CC(Cn2ccnc2)(c2ccc(Cl)cc2)N(C)O1. The molecule has 2 aromatic rings. The van der Waals surface area contributed by atoms with Crippen LogP contribution in [0.4, 0.5) is 0 Å². The molecule has 2 unspecified atom stereocenters. The molecule has 0 radical (unpaired) electrons. The van der Waals surface area contributed by atoms with E-state index in [1.165, 1.54) is 6.92 Å². The first-order valence-corrected chi connectivity index (χ1v) is 8.63.